The molecule has 0 amide bonds. The van der Waals surface area contributed by atoms with E-state index < -0.39 is 0 Å². The third-order valence-electron chi connectivity index (χ3n) is 3.50. The van der Waals surface area contributed by atoms with E-state index in [0.717, 1.165) is 37.5 Å². The fourth-order valence-electron chi connectivity index (χ4n) is 2.36. The van der Waals surface area contributed by atoms with E-state index in [9.17, 15) is 0 Å². The van der Waals surface area contributed by atoms with E-state index in [1.165, 1.54) is 19.3 Å². The molecule has 1 fully saturated rings. The molecule has 19 heavy (non-hydrogen) atoms. The molecule has 1 N–H and O–H groups in total. The van der Waals surface area contributed by atoms with Gasteiger partial charge in [-0.25, -0.2) is 0 Å². The lowest BCUT2D eigenvalue weighted by Gasteiger charge is -2.28. The lowest BCUT2D eigenvalue weighted by molar-refractivity contribution is 0.0216. The Morgan fingerprint density at radius 3 is 3.05 bits per heavy atom. The Morgan fingerprint density at radius 2 is 2.32 bits per heavy atom. The predicted molar refractivity (Wildman–Crippen MR) is 79.9 cm³/mol. The van der Waals surface area contributed by atoms with Gasteiger partial charge in [0.15, 0.2) is 0 Å². The van der Waals surface area contributed by atoms with Gasteiger partial charge in [-0.15, -0.1) is 0 Å². The van der Waals surface area contributed by atoms with Crippen LogP contribution in [0, 0.1) is 0 Å². The van der Waals surface area contributed by atoms with E-state index in [1.807, 2.05) is 12.4 Å². The summed E-state index contributed by atoms with van der Waals surface area (Å²) in [6.07, 6.45) is 8.95. The van der Waals surface area contributed by atoms with Crippen molar-refractivity contribution in [3.8, 4) is 0 Å². The van der Waals surface area contributed by atoms with Crippen molar-refractivity contribution >= 4 is 11.4 Å². The van der Waals surface area contributed by atoms with Crippen LogP contribution in [0.2, 0.25) is 0 Å². The molecule has 2 heterocycles. The number of nitrogens with one attached hydrogen (secondary N) is 1. The molecule has 0 radical (unpaired) electrons. The summed E-state index contributed by atoms with van der Waals surface area (Å²) in [5.74, 6) is 0. The third kappa shape index (κ3) is 4.39. The molecule has 1 aliphatic heterocycles. The number of pyridine rings is 1. The summed E-state index contributed by atoms with van der Waals surface area (Å²) in [7, 11) is 2.11. The lowest BCUT2D eigenvalue weighted by Crippen LogP contribution is -2.33. The van der Waals surface area contributed by atoms with E-state index >= 15 is 0 Å². The minimum absolute atomic E-state index is 0.367. The largest absolute Gasteiger partial charge is 0.384 e. The fourth-order valence-corrected chi connectivity index (χ4v) is 2.36. The van der Waals surface area contributed by atoms with E-state index in [4.69, 9.17) is 4.74 Å². The van der Waals surface area contributed by atoms with Crippen molar-refractivity contribution in [2.24, 2.45) is 0 Å². The van der Waals surface area contributed by atoms with Gasteiger partial charge in [-0.2, -0.15) is 0 Å². The maximum absolute atomic E-state index is 5.79. The summed E-state index contributed by atoms with van der Waals surface area (Å²) in [5.41, 5.74) is 2.24. The van der Waals surface area contributed by atoms with Crippen LogP contribution in [0.25, 0.3) is 0 Å². The standard InChI is InChI=1S/C15H25N3O/c1-3-7-17-13-9-14(11-16-10-13)18(2)12-15-6-4-5-8-19-15/h9-11,15,17H,3-8,12H2,1-2H3. The molecule has 4 heteroatoms. The first-order valence-electron chi connectivity index (χ1n) is 7.31. The van der Waals surface area contributed by atoms with E-state index in [2.05, 4.69) is 35.2 Å². The molecule has 1 aliphatic rings. The Hall–Kier alpha value is -1.29. The van der Waals surface area contributed by atoms with Crippen molar-refractivity contribution in [3.63, 3.8) is 0 Å². The highest BCUT2D eigenvalue weighted by Crippen LogP contribution is 2.19. The predicted octanol–water partition coefficient (Wildman–Crippen LogP) is 2.91. The van der Waals surface area contributed by atoms with Crippen LogP contribution < -0.4 is 10.2 Å². The fraction of sp³-hybridized carbons (Fsp3) is 0.667. The Bertz CT molecular complexity index is 377. The number of hydrogen-bond donors (Lipinski definition) is 1. The number of ether oxygens (including phenoxy) is 1. The highest BCUT2D eigenvalue weighted by atomic mass is 16.5. The molecule has 1 unspecified atom stereocenters. The zero-order chi connectivity index (χ0) is 13.5. The van der Waals surface area contributed by atoms with Crippen LogP contribution in [0.5, 0.6) is 0 Å². The molecule has 0 bridgehead atoms. The topological polar surface area (TPSA) is 37.4 Å². The monoisotopic (exact) mass is 263 g/mol. The normalized spacial score (nSPS) is 19.2. The van der Waals surface area contributed by atoms with Crippen molar-refractivity contribution in [3.05, 3.63) is 18.5 Å². The van der Waals surface area contributed by atoms with Gasteiger partial charge in [0.2, 0.25) is 0 Å². The molecule has 106 valence electrons. The van der Waals surface area contributed by atoms with Crippen molar-refractivity contribution in [2.75, 3.05) is 37.0 Å². The third-order valence-corrected chi connectivity index (χ3v) is 3.50. The van der Waals surface area contributed by atoms with Crippen molar-refractivity contribution in [2.45, 2.75) is 38.7 Å². The van der Waals surface area contributed by atoms with Gasteiger partial charge in [0, 0.05) is 26.7 Å². The molecular formula is C15H25N3O. The van der Waals surface area contributed by atoms with E-state index in [1.54, 1.807) is 0 Å². The number of likely N-dealkylation sites (N-methyl/N-ethyl adjacent to an activating group) is 1. The minimum atomic E-state index is 0.367. The Kier molecular flexibility index (Phi) is 5.45. The van der Waals surface area contributed by atoms with E-state index in [0.29, 0.717) is 6.10 Å². The van der Waals surface area contributed by atoms with Gasteiger partial charge in [0.05, 0.1) is 29.9 Å². The zero-order valence-corrected chi connectivity index (χ0v) is 12.1. The number of anilines is 2. The first-order chi connectivity index (χ1) is 9.29. The van der Waals surface area contributed by atoms with Crippen LogP contribution in [-0.4, -0.2) is 37.8 Å². The molecule has 1 atom stereocenters. The van der Waals surface area contributed by atoms with Crippen LogP contribution in [0.1, 0.15) is 32.6 Å². The van der Waals surface area contributed by atoms with Crippen LogP contribution in [0.3, 0.4) is 0 Å². The number of nitrogens with zero attached hydrogens (tertiary/aromatic N) is 2. The molecule has 1 saturated heterocycles. The molecule has 2 rings (SSSR count). The minimum Gasteiger partial charge on any atom is -0.384 e. The van der Waals surface area contributed by atoms with Gasteiger partial charge < -0.3 is 15.0 Å². The highest BCUT2D eigenvalue weighted by Gasteiger charge is 2.16. The first kappa shape index (κ1) is 14.1. The molecule has 1 aromatic rings. The summed E-state index contributed by atoms with van der Waals surface area (Å²) >= 11 is 0. The average molecular weight is 263 g/mol. The molecule has 0 aromatic carbocycles. The maximum atomic E-state index is 5.79. The first-order valence-corrected chi connectivity index (χ1v) is 7.31. The smallest absolute Gasteiger partial charge is 0.0749 e. The average Bonchev–Trinajstić information content (AvgIpc) is 2.46. The zero-order valence-electron chi connectivity index (χ0n) is 12.1. The van der Waals surface area contributed by atoms with Gasteiger partial charge in [-0.05, 0) is 31.7 Å². The number of aromatic nitrogens is 1. The number of hydrogen-bond acceptors (Lipinski definition) is 4. The molecule has 0 spiro atoms. The molecule has 4 nitrogen and oxygen atoms in total. The summed E-state index contributed by atoms with van der Waals surface area (Å²) in [4.78, 5) is 6.54. The summed E-state index contributed by atoms with van der Waals surface area (Å²) in [6, 6.07) is 2.16. The van der Waals surface area contributed by atoms with Crippen molar-refractivity contribution < 1.29 is 4.74 Å². The summed E-state index contributed by atoms with van der Waals surface area (Å²) in [5, 5.41) is 3.37. The molecular weight excluding hydrogens is 238 g/mol. The van der Waals surface area contributed by atoms with Gasteiger partial charge in [-0.1, -0.05) is 6.92 Å². The quantitative estimate of drug-likeness (QED) is 0.856. The van der Waals surface area contributed by atoms with E-state index in [-0.39, 0.29) is 0 Å². The van der Waals surface area contributed by atoms with Crippen LogP contribution >= 0.6 is 0 Å². The molecule has 0 saturated carbocycles. The molecule has 0 aliphatic carbocycles. The van der Waals surface area contributed by atoms with Gasteiger partial charge in [-0.3, -0.25) is 4.98 Å². The maximum Gasteiger partial charge on any atom is 0.0749 e. The summed E-state index contributed by atoms with van der Waals surface area (Å²) in [6.45, 7) is 5.01. The Labute approximate surface area is 116 Å². The molecule has 1 aromatic heterocycles. The van der Waals surface area contributed by atoms with Crippen LogP contribution in [0.15, 0.2) is 18.5 Å². The lowest BCUT2D eigenvalue weighted by atomic mass is 10.1. The SMILES string of the molecule is CCCNc1cncc(N(C)CC2CCCCO2)c1. The summed E-state index contributed by atoms with van der Waals surface area (Å²) < 4.78 is 5.79. The Balaban J connectivity index is 1.91. The van der Waals surface area contributed by atoms with Crippen LogP contribution in [0.4, 0.5) is 11.4 Å². The van der Waals surface area contributed by atoms with Crippen molar-refractivity contribution in [1.29, 1.82) is 0 Å². The van der Waals surface area contributed by atoms with Gasteiger partial charge in [0.1, 0.15) is 0 Å². The van der Waals surface area contributed by atoms with Gasteiger partial charge >= 0.3 is 0 Å². The second-order valence-electron chi connectivity index (χ2n) is 5.23. The van der Waals surface area contributed by atoms with Crippen LogP contribution in [-0.2, 0) is 4.74 Å². The second-order valence-corrected chi connectivity index (χ2v) is 5.23. The Morgan fingerprint density at radius 1 is 1.42 bits per heavy atom. The van der Waals surface area contributed by atoms with Gasteiger partial charge in [0.25, 0.3) is 0 Å². The second kappa shape index (κ2) is 7.34. The number of rotatable bonds is 6. The highest BCUT2D eigenvalue weighted by molar-refractivity contribution is 5.55. The van der Waals surface area contributed by atoms with Crippen molar-refractivity contribution in [1.82, 2.24) is 4.98 Å².